The van der Waals surface area contributed by atoms with Crippen molar-refractivity contribution < 1.29 is 9.94 Å². The normalized spacial score (nSPS) is 42.8. The SMILES string of the molecule is CCCCO/N=C(/C)C1=CCC2C3CC=C4CC(O)CCC4(C)C3CCC12C. The van der Waals surface area contributed by atoms with Crippen molar-refractivity contribution in [3.63, 3.8) is 0 Å². The third kappa shape index (κ3) is 3.18. The van der Waals surface area contributed by atoms with E-state index in [1.54, 1.807) is 5.57 Å². The number of hydrogen-bond acceptors (Lipinski definition) is 3. The maximum atomic E-state index is 10.2. The van der Waals surface area contributed by atoms with Gasteiger partial charge in [0.15, 0.2) is 0 Å². The highest BCUT2D eigenvalue weighted by Gasteiger charge is 2.56. The van der Waals surface area contributed by atoms with Crippen LogP contribution in [0.2, 0.25) is 0 Å². The Morgan fingerprint density at radius 1 is 1.14 bits per heavy atom. The summed E-state index contributed by atoms with van der Waals surface area (Å²) in [6.07, 6.45) is 15.1. The molecule has 0 bridgehead atoms. The second kappa shape index (κ2) is 7.63. The summed E-state index contributed by atoms with van der Waals surface area (Å²) in [4.78, 5) is 5.59. The Hall–Kier alpha value is -1.09. The molecular weight excluding hydrogens is 346 g/mol. The second-order valence-electron chi connectivity index (χ2n) is 10.3. The van der Waals surface area contributed by atoms with Gasteiger partial charge < -0.3 is 9.94 Å². The number of rotatable bonds is 5. The lowest BCUT2D eigenvalue weighted by Gasteiger charge is -2.57. The van der Waals surface area contributed by atoms with E-state index < -0.39 is 0 Å². The Bertz CT molecular complexity index is 693. The monoisotopic (exact) mass is 385 g/mol. The van der Waals surface area contributed by atoms with Crippen LogP contribution in [0.5, 0.6) is 0 Å². The minimum absolute atomic E-state index is 0.115. The van der Waals surface area contributed by atoms with Gasteiger partial charge in [-0.2, -0.15) is 0 Å². The Kier molecular flexibility index (Phi) is 5.50. The highest BCUT2D eigenvalue weighted by atomic mass is 16.6. The van der Waals surface area contributed by atoms with Crippen LogP contribution in [0.15, 0.2) is 28.5 Å². The van der Waals surface area contributed by atoms with Crippen LogP contribution in [-0.2, 0) is 4.84 Å². The molecule has 4 aliphatic carbocycles. The van der Waals surface area contributed by atoms with Gasteiger partial charge in [-0.3, -0.25) is 0 Å². The third-order valence-corrected chi connectivity index (χ3v) is 8.84. The van der Waals surface area contributed by atoms with Crippen molar-refractivity contribution in [1.82, 2.24) is 0 Å². The standard InChI is InChI=1S/C25H39NO2/c1-5-6-15-28-26-17(2)21-9-10-22-20-8-7-18-16-19(27)11-13-24(18,3)23(20)12-14-25(21,22)4/h7,9,19-20,22-23,27H,5-6,8,10-16H2,1-4H3/b26-17-. The van der Waals surface area contributed by atoms with Gasteiger partial charge in [-0.15, -0.1) is 0 Å². The Morgan fingerprint density at radius 3 is 2.71 bits per heavy atom. The maximum Gasteiger partial charge on any atom is 0.117 e. The van der Waals surface area contributed by atoms with Crippen LogP contribution in [0.1, 0.15) is 85.5 Å². The molecule has 0 radical (unpaired) electrons. The van der Waals surface area contributed by atoms with Crippen molar-refractivity contribution in [3.8, 4) is 0 Å². The molecule has 0 aromatic rings. The smallest absolute Gasteiger partial charge is 0.117 e. The molecule has 0 aliphatic heterocycles. The van der Waals surface area contributed by atoms with Crippen LogP contribution < -0.4 is 0 Å². The van der Waals surface area contributed by atoms with E-state index in [1.165, 1.54) is 31.3 Å². The predicted molar refractivity (Wildman–Crippen MR) is 115 cm³/mol. The zero-order chi connectivity index (χ0) is 19.9. The first-order valence-electron chi connectivity index (χ1n) is 11.6. The van der Waals surface area contributed by atoms with Gasteiger partial charge in [-0.05, 0) is 92.4 Å². The van der Waals surface area contributed by atoms with Gasteiger partial charge in [-0.1, -0.05) is 50.1 Å². The van der Waals surface area contributed by atoms with Crippen molar-refractivity contribution in [2.45, 2.75) is 91.6 Å². The molecule has 6 unspecified atom stereocenters. The summed E-state index contributed by atoms with van der Waals surface area (Å²) < 4.78 is 0. The van der Waals surface area contributed by atoms with Gasteiger partial charge in [0.2, 0.25) is 0 Å². The minimum atomic E-state index is -0.115. The molecule has 0 amide bonds. The lowest BCUT2D eigenvalue weighted by atomic mass is 9.47. The molecule has 2 saturated carbocycles. The van der Waals surface area contributed by atoms with Crippen LogP contribution >= 0.6 is 0 Å². The van der Waals surface area contributed by atoms with E-state index in [0.29, 0.717) is 5.41 Å². The topological polar surface area (TPSA) is 41.8 Å². The molecule has 2 fully saturated rings. The van der Waals surface area contributed by atoms with E-state index >= 15 is 0 Å². The molecule has 28 heavy (non-hydrogen) atoms. The number of hydrogen-bond donors (Lipinski definition) is 1. The number of aliphatic hydroxyl groups is 1. The van der Waals surface area contributed by atoms with E-state index in [9.17, 15) is 5.11 Å². The van der Waals surface area contributed by atoms with Crippen LogP contribution in [0.3, 0.4) is 0 Å². The first kappa shape index (κ1) is 20.2. The summed E-state index contributed by atoms with van der Waals surface area (Å²) in [5.41, 5.74) is 4.67. The van der Waals surface area contributed by atoms with Crippen molar-refractivity contribution in [3.05, 3.63) is 23.3 Å². The molecule has 0 spiro atoms. The molecule has 4 rings (SSSR count). The predicted octanol–water partition coefficient (Wildman–Crippen LogP) is 6.04. The first-order valence-corrected chi connectivity index (χ1v) is 11.6. The fraction of sp³-hybridized carbons (Fsp3) is 0.800. The molecule has 0 aromatic carbocycles. The number of unbranched alkanes of at least 4 members (excludes halogenated alkanes) is 1. The third-order valence-electron chi connectivity index (χ3n) is 8.84. The number of fused-ring (bicyclic) bond motifs is 5. The Balaban J connectivity index is 1.53. The van der Waals surface area contributed by atoms with Gasteiger partial charge in [0, 0.05) is 0 Å². The Labute approximate surface area is 171 Å². The van der Waals surface area contributed by atoms with Gasteiger partial charge in [-0.25, -0.2) is 0 Å². The molecule has 0 saturated heterocycles. The lowest BCUT2D eigenvalue weighted by Crippen LogP contribution is -2.50. The molecule has 0 aromatic heterocycles. The van der Waals surface area contributed by atoms with Crippen molar-refractivity contribution in [2.24, 2.45) is 33.7 Å². The summed E-state index contributed by atoms with van der Waals surface area (Å²) in [5, 5.41) is 14.7. The molecular formula is C25H39NO2. The van der Waals surface area contributed by atoms with E-state index in [0.717, 1.165) is 62.2 Å². The first-order chi connectivity index (χ1) is 13.4. The van der Waals surface area contributed by atoms with E-state index in [1.807, 2.05) is 0 Å². The summed E-state index contributed by atoms with van der Waals surface area (Å²) >= 11 is 0. The fourth-order valence-electron chi connectivity index (χ4n) is 7.17. The number of aliphatic hydroxyl groups excluding tert-OH is 1. The fourth-order valence-corrected chi connectivity index (χ4v) is 7.17. The number of allylic oxidation sites excluding steroid dienone is 3. The van der Waals surface area contributed by atoms with E-state index in [4.69, 9.17) is 4.84 Å². The van der Waals surface area contributed by atoms with E-state index in [2.05, 4.69) is 45.0 Å². The lowest BCUT2D eigenvalue weighted by molar-refractivity contribution is -0.0280. The molecule has 4 aliphatic rings. The molecule has 3 nitrogen and oxygen atoms in total. The van der Waals surface area contributed by atoms with Crippen molar-refractivity contribution in [2.75, 3.05) is 6.61 Å². The summed E-state index contributed by atoms with van der Waals surface area (Å²) in [6, 6.07) is 0. The average molecular weight is 386 g/mol. The molecule has 0 heterocycles. The largest absolute Gasteiger partial charge is 0.396 e. The molecule has 3 heteroatoms. The molecule has 1 N–H and O–H groups in total. The average Bonchev–Trinajstić information content (AvgIpc) is 3.03. The zero-order valence-electron chi connectivity index (χ0n) is 18.3. The van der Waals surface area contributed by atoms with Crippen molar-refractivity contribution in [1.29, 1.82) is 0 Å². The summed E-state index contributed by atoms with van der Waals surface area (Å²) in [6.45, 7) is 10.0. The minimum Gasteiger partial charge on any atom is -0.396 e. The van der Waals surface area contributed by atoms with Crippen LogP contribution in [-0.4, -0.2) is 23.5 Å². The Morgan fingerprint density at radius 2 is 1.93 bits per heavy atom. The van der Waals surface area contributed by atoms with Gasteiger partial charge in [0.25, 0.3) is 0 Å². The quantitative estimate of drug-likeness (QED) is 0.271. The van der Waals surface area contributed by atoms with Crippen LogP contribution in [0.25, 0.3) is 0 Å². The molecule has 156 valence electrons. The van der Waals surface area contributed by atoms with Crippen LogP contribution in [0, 0.1) is 28.6 Å². The van der Waals surface area contributed by atoms with Crippen molar-refractivity contribution >= 4 is 5.71 Å². The maximum absolute atomic E-state index is 10.2. The van der Waals surface area contributed by atoms with Gasteiger partial charge >= 0.3 is 0 Å². The summed E-state index contributed by atoms with van der Waals surface area (Å²) in [7, 11) is 0. The highest BCUT2D eigenvalue weighted by molar-refractivity contribution is 5.99. The van der Waals surface area contributed by atoms with E-state index in [-0.39, 0.29) is 11.5 Å². The summed E-state index contributed by atoms with van der Waals surface area (Å²) in [5.74, 6) is 2.28. The van der Waals surface area contributed by atoms with Crippen LogP contribution in [0.4, 0.5) is 0 Å². The second-order valence-corrected chi connectivity index (χ2v) is 10.3. The molecule has 6 atom stereocenters. The van der Waals surface area contributed by atoms with Gasteiger partial charge in [0.1, 0.15) is 6.61 Å². The number of oxime groups is 1. The number of nitrogens with zero attached hydrogens (tertiary/aromatic N) is 1. The van der Waals surface area contributed by atoms with Gasteiger partial charge in [0.05, 0.1) is 11.8 Å². The highest BCUT2D eigenvalue weighted by Crippen LogP contribution is 2.65. The zero-order valence-corrected chi connectivity index (χ0v) is 18.3.